The van der Waals surface area contributed by atoms with E-state index in [1.54, 1.807) is 6.26 Å². The van der Waals surface area contributed by atoms with Gasteiger partial charge in [-0.15, -0.1) is 24.0 Å². The van der Waals surface area contributed by atoms with Gasteiger partial charge in [-0.1, -0.05) is 6.92 Å². The Morgan fingerprint density at radius 1 is 1.32 bits per heavy atom. The first-order valence-electron chi connectivity index (χ1n) is 10.2. The molecule has 2 N–H and O–H groups in total. The van der Waals surface area contributed by atoms with Crippen molar-refractivity contribution in [2.45, 2.75) is 51.6 Å². The second-order valence-corrected chi connectivity index (χ2v) is 7.59. The van der Waals surface area contributed by atoms with Crippen molar-refractivity contribution in [3.63, 3.8) is 0 Å². The van der Waals surface area contributed by atoms with E-state index in [0.717, 1.165) is 63.6 Å². The van der Waals surface area contributed by atoms with Gasteiger partial charge in [0.15, 0.2) is 5.96 Å². The standard InChI is InChI=1S/C20H33N5O2.HI/c1-3-16(2)22-20(21-9-8-18-5-4-14-27-18)25-12-10-24(11-13-25)15-19(26)23-17-6-7-17;/h4-5,14,16-17H,3,6-13,15H2,1-2H3,(H,21,22)(H,23,26);1H. The Morgan fingerprint density at radius 3 is 2.68 bits per heavy atom. The Morgan fingerprint density at radius 2 is 2.07 bits per heavy atom. The van der Waals surface area contributed by atoms with Crippen LogP contribution in [0.1, 0.15) is 38.9 Å². The number of carbonyl (C=O) groups is 1. The summed E-state index contributed by atoms with van der Waals surface area (Å²) in [5, 5.41) is 6.62. The Kier molecular flexibility index (Phi) is 9.57. The van der Waals surface area contributed by atoms with Crippen molar-refractivity contribution < 1.29 is 9.21 Å². The van der Waals surface area contributed by atoms with Crippen LogP contribution in [0.4, 0.5) is 0 Å². The molecule has 7 nitrogen and oxygen atoms in total. The summed E-state index contributed by atoms with van der Waals surface area (Å²) in [6.45, 7) is 9.12. The number of guanidine groups is 1. The molecule has 1 unspecified atom stereocenters. The van der Waals surface area contributed by atoms with Gasteiger partial charge in [-0.3, -0.25) is 14.7 Å². The SMILES string of the molecule is CCC(C)NC(=NCCc1ccco1)N1CCN(CC(=O)NC2CC2)CC1.I. The van der Waals surface area contributed by atoms with Crippen LogP contribution in [-0.2, 0) is 11.2 Å². The van der Waals surface area contributed by atoms with E-state index < -0.39 is 0 Å². The number of carbonyl (C=O) groups excluding carboxylic acids is 1. The molecule has 158 valence electrons. The number of furan rings is 1. The first-order chi connectivity index (χ1) is 13.1. The first kappa shape index (κ1) is 23.0. The number of amides is 1. The second-order valence-electron chi connectivity index (χ2n) is 7.59. The number of hydrogen-bond donors (Lipinski definition) is 2. The van der Waals surface area contributed by atoms with Crippen molar-refractivity contribution in [3.05, 3.63) is 24.2 Å². The quantitative estimate of drug-likeness (QED) is 0.323. The van der Waals surface area contributed by atoms with E-state index in [1.807, 2.05) is 12.1 Å². The van der Waals surface area contributed by atoms with E-state index in [2.05, 4.69) is 34.3 Å². The van der Waals surface area contributed by atoms with Gasteiger partial charge in [0, 0.05) is 51.2 Å². The predicted octanol–water partition coefficient (Wildman–Crippen LogP) is 2.08. The van der Waals surface area contributed by atoms with E-state index in [4.69, 9.17) is 9.41 Å². The zero-order valence-electron chi connectivity index (χ0n) is 17.0. The summed E-state index contributed by atoms with van der Waals surface area (Å²) in [5.41, 5.74) is 0. The number of nitrogens with one attached hydrogen (secondary N) is 2. The molecule has 2 heterocycles. The fraction of sp³-hybridized carbons (Fsp3) is 0.700. The maximum atomic E-state index is 12.0. The number of aliphatic imine (C=N–C) groups is 1. The van der Waals surface area contributed by atoms with Crippen molar-refractivity contribution in [3.8, 4) is 0 Å². The van der Waals surface area contributed by atoms with Crippen LogP contribution in [0.15, 0.2) is 27.8 Å². The van der Waals surface area contributed by atoms with E-state index in [0.29, 0.717) is 25.2 Å². The lowest BCUT2D eigenvalue weighted by molar-refractivity contribution is -0.122. The van der Waals surface area contributed by atoms with Crippen LogP contribution < -0.4 is 10.6 Å². The van der Waals surface area contributed by atoms with E-state index in [1.165, 1.54) is 0 Å². The second kappa shape index (κ2) is 11.6. The summed E-state index contributed by atoms with van der Waals surface area (Å²) in [5.74, 6) is 2.10. The summed E-state index contributed by atoms with van der Waals surface area (Å²) in [6, 6.07) is 4.72. The largest absolute Gasteiger partial charge is 0.469 e. The minimum absolute atomic E-state index is 0. The Labute approximate surface area is 185 Å². The molecule has 1 aromatic heterocycles. The average Bonchev–Trinajstić information content (AvgIpc) is 3.32. The predicted molar refractivity (Wildman–Crippen MR) is 122 cm³/mol. The monoisotopic (exact) mass is 503 g/mol. The number of halogens is 1. The van der Waals surface area contributed by atoms with Gasteiger partial charge in [-0.25, -0.2) is 0 Å². The molecule has 3 rings (SSSR count). The average molecular weight is 503 g/mol. The highest BCUT2D eigenvalue weighted by Gasteiger charge is 2.26. The molecule has 1 saturated carbocycles. The fourth-order valence-corrected chi connectivity index (χ4v) is 3.11. The molecular formula is C20H34IN5O2. The Hall–Kier alpha value is -1.29. The summed E-state index contributed by atoms with van der Waals surface area (Å²) in [4.78, 5) is 21.4. The molecule has 28 heavy (non-hydrogen) atoms. The van der Waals surface area contributed by atoms with E-state index in [9.17, 15) is 4.79 Å². The lowest BCUT2D eigenvalue weighted by atomic mass is 10.2. The number of nitrogens with zero attached hydrogens (tertiary/aromatic N) is 3. The van der Waals surface area contributed by atoms with Gasteiger partial charge in [0.1, 0.15) is 5.76 Å². The zero-order valence-corrected chi connectivity index (χ0v) is 19.4. The van der Waals surface area contributed by atoms with Gasteiger partial charge in [-0.2, -0.15) is 0 Å². The molecule has 1 atom stereocenters. The van der Waals surface area contributed by atoms with Crippen LogP contribution in [0.5, 0.6) is 0 Å². The molecule has 1 saturated heterocycles. The van der Waals surface area contributed by atoms with Gasteiger partial charge >= 0.3 is 0 Å². The maximum absolute atomic E-state index is 12.0. The smallest absolute Gasteiger partial charge is 0.234 e. The molecule has 8 heteroatoms. The Bertz CT molecular complexity index is 610. The van der Waals surface area contributed by atoms with E-state index in [-0.39, 0.29) is 29.9 Å². The van der Waals surface area contributed by atoms with Crippen LogP contribution in [0.3, 0.4) is 0 Å². The maximum Gasteiger partial charge on any atom is 0.234 e. The van der Waals surface area contributed by atoms with Crippen LogP contribution in [0, 0.1) is 0 Å². The molecule has 1 aromatic rings. The molecule has 0 spiro atoms. The number of hydrogen-bond acceptors (Lipinski definition) is 4. The minimum Gasteiger partial charge on any atom is -0.469 e. The molecule has 0 radical (unpaired) electrons. The van der Waals surface area contributed by atoms with Crippen molar-refractivity contribution in [1.29, 1.82) is 0 Å². The molecular weight excluding hydrogens is 469 g/mol. The van der Waals surface area contributed by atoms with Gasteiger partial charge in [-0.05, 0) is 38.3 Å². The normalized spacial score (nSPS) is 19.1. The van der Waals surface area contributed by atoms with E-state index >= 15 is 0 Å². The van der Waals surface area contributed by atoms with Gasteiger partial charge in [0.25, 0.3) is 0 Å². The van der Waals surface area contributed by atoms with Crippen molar-refractivity contribution in [2.24, 2.45) is 4.99 Å². The minimum atomic E-state index is 0. The summed E-state index contributed by atoms with van der Waals surface area (Å²) < 4.78 is 5.40. The fourth-order valence-electron chi connectivity index (χ4n) is 3.11. The highest BCUT2D eigenvalue weighted by Crippen LogP contribution is 2.18. The zero-order chi connectivity index (χ0) is 19.1. The third-order valence-electron chi connectivity index (χ3n) is 5.17. The van der Waals surface area contributed by atoms with Crippen LogP contribution in [0.2, 0.25) is 0 Å². The number of piperazine rings is 1. The summed E-state index contributed by atoms with van der Waals surface area (Å²) >= 11 is 0. The molecule has 2 fully saturated rings. The lowest BCUT2D eigenvalue weighted by Crippen LogP contribution is -2.55. The molecule has 1 aliphatic heterocycles. The van der Waals surface area contributed by atoms with Crippen molar-refractivity contribution in [1.82, 2.24) is 20.4 Å². The molecule has 1 amide bonds. The van der Waals surface area contributed by atoms with Crippen LogP contribution >= 0.6 is 24.0 Å². The molecule has 2 aliphatic rings. The first-order valence-corrected chi connectivity index (χ1v) is 10.2. The van der Waals surface area contributed by atoms with Gasteiger partial charge in [0.2, 0.25) is 5.91 Å². The highest BCUT2D eigenvalue weighted by atomic mass is 127. The summed E-state index contributed by atoms with van der Waals surface area (Å²) in [6.07, 6.45) is 5.84. The van der Waals surface area contributed by atoms with Crippen LogP contribution in [0.25, 0.3) is 0 Å². The molecule has 0 aromatic carbocycles. The number of rotatable bonds is 8. The van der Waals surface area contributed by atoms with Crippen LogP contribution in [-0.4, -0.2) is 73.0 Å². The van der Waals surface area contributed by atoms with Crippen molar-refractivity contribution >= 4 is 35.8 Å². The molecule has 1 aliphatic carbocycles. The van der Waals surface area contributed by atoms with Gasteiger partial charge in [0.05, 0.1) is 12.8 Å². The Balaban J connectivity index is 0.00000280. The lowest BCUT2D eigenvalue weighted by Gasteiger charge is -2.37. The van der Waals surface area contributed by atoms with Gasteiger partial charge < -0.3 is 20.0 Å². The molecule has 0 bridgehead atoms. The topological polar surface area (TPSA) is 73.1 Å². The highest BCUT2D eigenvalue weighted by molar-refractivity contribution is 14.0. The third kappa shape index (κ3) is 7.62. The van der Waals surface area contributed by atoms with Crippen molar-refractivity contribution in [2.75, 3.05) is 39.3 Å². The summed E-state index contributed by atoms with van der Waals surface area (Å²) in [7, 11) is 0. The third-order valence-corrected chi connectivity index (χ3v) is 5.17.